The molecule has 0 aliphatic heterocycles. The number of hydrogen-bond acceptors (Lipinski definition) is 5. The molecule has 0 aliphatic rings. The van der Waals surface area contributed by atoms with Gasteiger partial charge in [-0.25, -0.2) is 4.68 Å². The third kappa shape index (κ3) is 4.54. The molecule has 0 aliphatic carbocycles. The van der Waals surface area contributed by atoms with Crippen molar-refractivity contribution in [2.24, 2.45) is 0 Å². The average Bonchev–Trinajstić information content (AvgIpc) is 2.86. The van der Waals surface area contributed by atoms with Gasteiger partial charge in [-0.05, 0) is 24.6 Å². The molecule has 1 aromatic heterocycles. The smallest absolute Gasteiger partial charge is 0.349 e. The maximum absolute atomic E-state index is 12.5. The maximum atomic E-state index is 12.5. The lowest BCUT2D eigenvalue weighted by atomic mass is 10.1. The molecule has 2 aromatic rings. The van der Waals surface area contributed by atoms with Gasteiger partial charge in [0.25, 0.3) is 5.82 Å². The summed E-state index contributed by atoms with van der Waals surface area (Å²) in [6, 6.07) is 6.66. The van der Waals surface area contributed by atoms with E-state index in [2.05, 4.69) is 15.5 Å². The number of alkyl halides is 3. The fourth-order valence-corrected chi connectivity index (χ4v) is 2.61. The van der Waals surface area contributed by atoms with Crippen molar-refractivity contribution in [1.82, 2.24) is 20.2 Å². The molecule has 1 atom stereocenters. The Balaban J connectivity index is 1.92. The molecule has 0 radical (unpaired) electrons. The number of benzene rings is 1. The quantitative estimate of drug-likeness (QED) is 0.616. The number of nitrogens with zero attached hydrogens (tertiary/aromatic N) is 3. The summed E-state index contributed by atoms with van der Waals surface area (Å²) in [5.74, 6) is 3.45. The van der Waals surface area contributed by atoms with Crippen LogP contribution in [0.25, 0.3) is 0 Å². The van der Waals surface area contributed by atoms with Crippen molar-refractivity contribution in [3.63, 3.8) is 0 Å². The minimum Gasteiger partial charge on any atom is -0.349 e. The summed E-state index contributed by atoms with van der Waals surface area (Å²) in [5, 5.41) is 9.42. The van der Waals surface area contributed by atoms with Crippen molar-refractivity contribution >= 4 is 29.3 Å². The van der Waals surface area contributed by atoms with Crippen molar-refractivity contribution in [3.05, 3.63) is 40.7 Å². The average molecular weight is 380 g/mol. The zero-order valence-electron chi connectivity index (χ0n) is 12.3. The van der Waals surface area contributed by atoms with Crippen molar-refractivity contribution < 1.29 is 18.0 Å². The number of thioether (sulfide) groups is 1. The molecule has 0 saturated heterocycles. The third-order valence-electron chi connectivity index (χ3n) is 3.00. The molecule has 24 heavy (non-hydrogen) atoms. The van der Waals surface area contributed by atoms with E-state index >= 15 is 0 Å². The number of hydrogen-bond donors (Lipinski definition) is 2. The Labute approximate surface area is 144 Å². The predicted molar refractivity (Wildman–Crippen MR) is 83.9 cm³/mol. The second kappa shape index (κ2) is 7.31. The Morgan fingerprint density at radius 3 is 2.54 bits per heavy atom. The van der Waals surface area contributed by atoms with Gasteiger partial charge in [0.1, 0.15) is 0 Å². The van der Waals surface area contributed by atoms with E-state index in [1.165, 1.54) is 0 Å². The van der Waals surface area contributed by atoms with Gasteiger partial charge in [0.15, 0.2) is 0 Å². The molecular formula is C13H13ClF3N5OS. The predicted octanol–water partition coefficient (Wildman–Crippen LogP) is 2.63. The van der Waals surface area contributed by atoms with Gasteiger partial charge in [-0.15, -0.1) is 10.2 Å². The summed E-state index contributed by atoms with van der Waals surface area (Å²) in [5.41, 5.74) is 0.846. The SMILES string of the molecule is CC(NC(=O)CSc1nnc(C(F)(F)F)n1N)c1ccc(Cl)cc1. The Morgan fingerprint density at radius 2 is 2.00 bits per heavy atom. The molecule has 0 spiro atoms. The van der Waals surface area contributed by atoms with E-state index in [9.17, 15) is 18.0 Å². The highest BCUT2D eigenvalue weighted by Gasteiger charge is 2.38. The highest BCUT2D eigenvalue weighted by atomic mass is 35.5. The van der Waals surface area contributed by atoms with E-state index in [0.717, 1.165) is 17.3 Å². The molecule has 11 heteroatoms. The van der Waals surface area contributed by atoms with Gasteiger partial charge in [0.05, 0.1) is 11.8 Å². The van der Waals surface area contributed by atoms with Crippen LogP contribution in [0.1, 0.15) is 24.4 Å². The van der Waals surface area contributed by atoms with E-state index in [-0.39, 0.29) is 22.9 Å². The van der Waals surface area contributed by atoms with Gasteiger partial charge in [0.2, 0.25) is 11.1 Å². The van der Waals surface area contributed by atoms with Crippen LogP contribution < -0.4 is 11.2 Å². The van der Waals surface area contributed by atoms with Crippen molar-refractivity contribution in [2.45, 2.75) is 24.3 Å². The fraction of sp³-hybridized carbons (Fsp3) is 0.308. The normalized spacial score (nSPS) is 12.9. The van der Waals surface area contributed by atoms with Gasteiger partial charge in [-0.1, -0.05) is 35.5 Å². The molecule has 0 fully saturated rings. The van der Waals surface area contributed by atoms with Crippen molar-refractivity contribution in [2.75, 3.05) is 11.6 Å². The lowest BCUT2D eigenvalue weighted by Gasteiger charge is -2.14. The zero-order valence-corrected chi connectivity index (χ0v) is 13.9. The van der Waals surface area contributed by atoms with Crippen LogP contribution in [0.3, 0.4) is 0 Å². The number of carbonyl (C=O) groups excluding carboxylic acids is 1. The first-order chi connectivity index (χ1) is 11.2. The van der Waals surface area contributed by atoms with Crippen molar-refractivity contribution in [1.29, 1.82) is 0 Å². The maximum Gasteiger partial charge on any atom is 0.453 e. The number of carbonyl (C=O) groups is 1. The number of halogens is 4. The van der Waals surface area contributed by atoms with Gasteiger partial charge in [-0.2, -0.15) is 13.2 Å². The summed E-state index contributed by atoms with van der Waals surface area (Å²) in [7, 11) is 0. The molecule has 130 valence electrons. The van der Waals surface area contributed by atoms with E-state index < -0.39 is 12.0 Å². The Kier molecular flexibility index (Phi) is 5.60. The highest BCUT2D eigenvalue weighted by Crippen LogP contribution is 2.28. The molecular weight excluding hydrogens is 367 g/mol. The molecule has 2 rings (SSSR count). The number of nitrogens with one attached hydrogen (secondary N) is 1. The van der Waals surface area contributed by atoms with E-state index in [0.29, 0.717) is 9.70 Å². The highest BCUT2D eigenvalue weighted by molar-refractivity contribution is 7.99. The first-order valence-corrected chi connectivity index (χ1v) is 8.00. The molecule has 1 aromatic carbocycles. The number of aromatic nitrogens is 3. The molecule has 1 heterocycles. The summed E-state index contributed by atoms with van der Waals surface area (Å²) >= 11 is 6.55. The topological polar surface area (TPSA) is 85.8 Å². The molecule has 6 nitrogen and oxygen atoms in total. The van der Waals surface area contributed by atoms with Crippen LogP contribution in [0, 0.1) is 0 Å². The molecule has 0 saturated carbocycles. The fourth-order valence-electron chi connectivity index (χ4n) is 1.82. The zero-order chi connectivity index (χ0) is 17.9. The largest absolute Gasteiger partial charge is 0.453 e. The number of amides is 1. The number of nitrogen functional groups attached to an aromatic ring is 1. The van der Waals surface area contributed by atoms with Gasteiger partial charge >= 0.3 is 6.18 Å². The van der Waals surface area contributed by atoms with Crippen LogP contribution >= 0.6 is 23.4 Å². The summed E-state index contributed by atoms with van der Waals surface area (Å²) in [6.45, 7) is 1.78. The second-order valence-corrected chi connectivity index (χ2v) is 6.18. The van der Waals surface area contributed by atoms with Crippen LogP contribution in [0.15, 0.2) is 29.4 Å². The molecule has 1 amide bonds. The lowest BCUT2D eigenvalue weighted by molar-refractivity contribution is -0.146. The van der Waals surface area contributed by atoms with Crippen molar-refractivity contribution in [3.8, 4) is 0 Å². The number of nitrogens with two attached hydrogens (primary N) is 1. The van der Waals surface area contributed by atoms with Gasteiger partial charge in [0, 0.05) is 5.02 Å². The van der Waals surface area contributed by atoms with E-state index in [1.807, 2.05) is 0 Å². The van der Waals surface area contributed by atoms with Crippen LogP contribution in [0.2, 0.25) is 5.02 Å². The Morgan fingerprint density at radius 1 is 1.38 bits per heavy atom. The Hall–Kier alpha value is -1.94. The first-order valence-electron chi connectivity index (χ1n) is 6.64. The molecule has 0 bridgehead atoms. The van der Waals surface area contributed by atoms with Crippen LogP contribution in [-0.4, -0.2) is 26.5 Å². The van der Waals surface area contributed by atoms with Gasteiger partial charge < -0.3 is 11.2 Å². The standard InChI is InChI=1S/C13H13ClF3N5OS/c1-7(8-2-4-9(14)5-3-8)19-10(23)6-24-12-21-20-11(22(12)18)13(15,16)17/h2-5,7H,6,18H2,1H3,(H,19,23). The van der Waals surface area contributed by atoms with Crippen LogP contribution in [-0.2, 0) is 11.0 Å². The lowest BCUT2D eigenvalue weighted by Crippen LogP contribution is -2.28. The summed E-state index contributed by atoms with van der Waals surface area (Å²) in [4.78, 5) is 11.9. The minimum absolute atomic E-state index is 0.148. The first kappa shape index (κ1) is 18.4. The van der Waals surface area contributed by atoms with Crippen LogP contribution in [0.4, 0.5) is 13.2 Å². The summed E-state index contributed by atoms with van der Waals surface area (Å²) < 4.78 is 38.0. The second-order valence-electron chi connectivity index (χ2n) is 4.80. The summed E-state index contributed by atoms with van der Waals surface area (Å²) in [6.07, 6.45) is -4.70. The Bertz CT molecular complexity index is 719. The monoisotopic (exact) mass is 379 g/mol. The van der Waals surface area contributed by atoms with Crippen LogP contribution in [0.5, 0.6) is 0 Å². The minimum atomic E-state index is -4.70. The van der Waals surface area contributed by atoms with Gasteiger partial charge in [-0.3, -0.25) is 4.79 Å². The third-order valence-corrected chi connectivity index (χ3v) is 4.19. The van der Waals surface area contributed by atoms with E-state index in [4.69, 9.17) is 17.4 Å². The molecule has 1 unspecified atom stereocenters. The molecule has 3 N–H and O–H groups in total. The van der Waals surface area contributed by atoms with E-state index in [1.54, 1.807) is 31.2 Å². The number of rotatable bonds is 5.